The number of aryl methyl sites for hydroxylation is 1. The summed E-state index contributed by atoms with van der Waals surface area (Å²) in [7, 11) is 0. The van der Waals surface area contributed by atoms with Crippen molar-refractivity contribution in [2.75, 3.05) is 24.7 Å². The lowest BCUT2D eigenvalue weighted by molar-refractivity contribution is -0.907. The highest BCUT2D eigenvalue weighted by molar-refractivity contribution is 6.54. The second-order valence-corrected chi connectivity index (χ2v) is 7.66. The van der Waals surface area contributed by atoms with Crippen molar-refractivity contribution >= 4 is 23.0 Å². The van der Waals surface area contributed by atoms with Crippen molar-refractivity contribution in [3.05, 3.63) is 59.7 Å². The Morgan fingerprint density at radius 3 is 2.69 bits per heavy atom. The first kappa shape index (κ1) is 17.0. The summed E-state index contributed by atoms with van der Waals surface area (Å²) in [5, 5.41) is 0. The van der Waals surface area contributed by atoms with Crippen molar-refractivity contribution in [1.29, 1.82) is 0 Å². The van der Waals surface area contributed by atoms with E-state index in [1.807, 2.05) is 53.4 Å². The minimum Gasteiger partial charge on any atom is -0.317 e. The predicted octanol–water partition coefficient (Wildman–Crippen LogP) is 2.73. The van der Waals surface area contributed by atoms with Crippen LogP contribution in [0.3, 0.4) is 0 Å². The number of aliphatic imine (C=N–C) groups is 1. The number of carbonyl (C=O) groups is 1. The number of rotatable bonds is 3. The first-order valence-corrected chi connectivity index (χ1v) is 9.52. The third-order valence-electron chi connectivity index (χ3n) is 5.42. The largest absolute Gasteiger partial charge is 0.317 e. The van der Waals surface area contributed by atoms with Gasteiger partial charge in [0.25, 0.3) is 5.91 Å². The zero-order valence-electron chi connectivity index (χ0n) is 15.5. The second-order valence-electron chi connectivity index (χ2n) is 7.66. The van der Waals surface area contributed by atoms with E-state index in [1.54, 1.807) is 0 Å². The maximum absolute atomic E-state index is 13.2. The standard InChI is InChI=1S/C22H25N3O/c1-16-9-11-18(12-10-16)23-21-19-7-3-4-8-20(19)25(22(21)26)15-24-13-5-6-17(2)14-24/h3-4,7-12,17H,5-6,13-15H2,1-2H3/p+1/t17-/m1/s1. The van der Waals surface area contributed by atoms with Gasteiger partial charge in [-0.15, -0.1) is 0 Å². The minimum atomic E-state index is 0.0255. The quantitative estimate of drug-likeness (QED) is 0.910. The van der Waals surface area contributed by atoms with E-state index in [1.165, 1.54) is 23.3 Å². The summed E-state index contributed by atoms with van der Waals surface area (Å²) in [6, 6.07) is 16.0. The second kappa shape index (κ2) is 7.04. The zero-order chi connectivity index (χ0) is 18.1. The van der Waals surface area contributed by atoms with Crippen LogP contribution in [0.1, 0.15) is 30.9 Å². The first-order valence-electron chi connectivity index (χ1n) is 9.52. The van der Waals surface area contributed by atoms with E-state index in [9.17, 15) is 4.79 Å². The molecule has 1 fully saturated rings. The summed E-state index contributed by atoms with van der Waals surface area (Å²) >= 11 is 0. The number of anilines is 1. The maximum atomic E-state index is 13.2. The number of likely N-dealkylation sites (tertiary alicyclic amines) is 1. The third-order valence-corrected chi connectivity index (χ3v) is 5.42. The van der Waals surface area contributed by atoms with Crippen molar-refractivity contribution in [2.45, 2.75) is 26.7 Å². The number of benzene rings is 2. The third kappa shape index (κ3) is 3.29. The van der Waals surface area contributed by atoms with Gasteiger partial charge in [-0.2, -0.15) is 0 Å². The normalized spacial score (nSPS) is 24.2. The van der Waals surface area contributed by atoms with Crippen LogP contribution in [0.5, 0.6) is 0 Å². The molecule has 0 saturated carbocycles. The van der Waals surface area contributed by atoms with Crippen LogP contribution in [0.25, 0.3) is 0 Å². The van der Waals surface area contributed by atoms with Gasteiger partial charge in [0.2, 0.25) is 0 Å². The molecule has 2 aromatic rings. The Balaban J connectivity index is 1.65. The number of nitrogens with zero attached hydrogens (tertiary/aromatic N) is 2. The monoisotopic (exact) mass is 348 g/mol. The molecule has 2 aliphatic rings. The average molecular weight is 348 g/mol. The molecule has 2 heterocycles. The summed E-state index contributed by atoms with van der Waals surface area (Å²) in [4.78, 5) is 21.3. The van der Waals surface area contributed by atoms with Gasteiger partial charge in [0.1, 0.15) is 5.71 Å². The molecule has 0 aromatic heterocycles. The Morgan fingerprint density at radius 1 is 1.15 bits per heavy atom. The Bertz CT molecular complexity index is 841. The summed E-state index contributed by atoms with van der Waals surface area (Å²) in [5.74, 6) is 0.755. The fourth-order valence-corrected chi connectivity index (χ4v) is 4.04. The molecule has 134 valence electrons. The molecule has 2 aromatic carbocycles. The van der Waals surface area contributed by atoms with Gasteiger partial charge in [0.15, 0.2) is 6.67 Å². The maximum Gasteiger partial charge on any atom is 0.281 e. The lowest BCUT2D eigenvalue weighted by Gasteiger charge is -2.31. The van der Waals surface area contributed by atoms with E-state index in [2.05, 4.69) is 13.8 Å². The molecule has 0 bridgehead atoms. The van der Waals surface area contributed by atoms with Gasteiger partial charge in [0, 0.05) is 11.5 Å². The number of amides is 1. The van der Waals surface area contributed by atoms with Crippen LogP contribution < -0.4 is 9.80 Å². The Hall–Kier alpha value is -2.46. The number of carbonyl (C=O) groups excluding carboxylic acids is 1. The molecule has 26 heavy (non-hydrogen) atoms. The molecule has 1 unspecified atom stereocenters. The molecule has 4 nitrogen and oxygen atoms in total. The smallest absolute Gasteiger partial charge is 0.281 e. The number of fused-ring (bicyclic) bond motifs is 1. The van der Waals surface area contributed by atoms with E-state index in [4.69, 9.17) is 4.99 Å². The molecule has 2 aliphatic heterocycles. The summed E-state index contributed by atoms with van der Waals surface area (Å²) in [6.45, 7) is 7.37. The number of hydrogen-bond donors (Lipinski definition) is 1. The molecular weight excluding hydrogens is 322 g/mol. The van der Waals surface area contributed by atoms with Crippen molar-refractivity contribution in [2.24, 2.45) is 10.9 Å². The minimum absolute atomic E-state index is 0.0255. The highest BCUT2D eigenvalue weighted by Crippen LogP contribution is 2.30. The molecule has 4 rings (SSSR count). The molecule has 1 amide bonds. The van der Waals surface area contributed by atoms with Crippen LogP contribution in [-0.4, -0.2) is 31.4 Å². The van der Waals surface area contributed by atoms with Crippen molar-refractivity contribution < 1.29 is 9.69 Å². The van der Waals surface area contributed by atoms with Crippen molar-refractivity contribution in [3.63, 3.8) is 0 Å². The highest BCUT2D eigenvalue weighted by Gasteiger charge is 2.36. The van der Waals surface area contributed by atoms with Crippen LogP contribution in [0.4, 0.5) is 11.4 Å². The van der Waals surface area contributed by atoms with Crippen LogP contribution >= 0.6 is 0 Å². The summed E-state index contributed by atoms with van der Waals surface area (Å²) in [5.41, 5.74) is 4.52. The van der Waals surface area contributed by atoms with Crippen LogP contribution in [0, 0.1) is 12.8 Å². The lowest BCUT2D eigenvalue weighted by Crippen LogP contribution is -3.15. The van der Waals surface area contributed by atoms with Crippen molar-refractivity contribution in [3.8, 4) is 0 Å². The fourth-order valence-electron chi connectivity index (χ4n) is 4.04. The molecule has 1 N–H and O–H groups in total. The van der Waals surface area contributed by atoms with E-state index >= 15 is 0 Å². The van der Waals surface area contributed by atoms with Crippen molar-refractivity contribution in [1.82, 2.24) is 0 Å². The van der Waals surface area contributed by atoms with E-state index in [0.717, 1.165) is 42.6 Å². The highest BCUT2D eigenvalue weighted by atomic mass is 16.2. The van der Waals surface area contributed by atoms with Crippen LogP contribution in [-0.2, 0) is 4.79 Å². The molecule has 2 atom stereocenters. The number of hydrogen-bond acceptors (Lipinski definition) is 2. The van der Waals surface area contributed by atoms with Gasteiger partial charge in [-0.1, -0.05) is 42.8 Å². The molecule has 1 saturated heterocycles. The Morgan fingerprint density at radius 2 is 1.92 bits per heavy atom. The summed E-state index contributed by atoms with van der Waals surface area (Å²) in [6.07, 6.45) is 2.54. The first-order chi connectivity index (χ1) is 12.6. The number of quaternary nitrogens is 1. The molecule has 0 spiro atoms. The molecule has 0 aliphatic carbocycles. The van der Waals surface area contributed by atoms with Gasteiger partial charge >= 0.3 is 0 Å². The van der Waals surface area contributed by atoms with Gasteiger partial charge < -0.3 is 4.90 Å². The van der Waals surface area contributed by atoms with E-state index in [-0.39, 0.29) is 5.91 Å². The van der Waals surface area contributed by atoms with Crippen LogP contribution in [0.15, 0.2) is 53.5 Å². The molecular formula is C22H26N3O+. The van der Waals surface area contributed by atoms with Crippen LogP contribution in [0.2, 0.25) is 0 Å². The Labute approximate surface area is 155 Å². The SMILES string of the molecule is Cc1ccc(N=C2C(=O)N(C[NH+]3CCC[C@@H](C)C3)c3ccccc32)cc1. The number of para-hydroxylation sites is 1. The molecule has 0 radical (unpaired) electrons. The summed E-state index contributed by atoms with van der Waals surface area (Å²) < 4.78 is 0. The van der Waals surface area contributed by atoms with Gasteiger partial charge in [-0.25, -0.2) is 4.99 Å². The lowest BCUT2D eigenvalue weighted by atomic mass is 10.0. The van der Waals surface area contributed by atoms with E-state index < -0.39 is 0 Å². The van der Waals surface area contributed by atoms with Gasteiger partial charge in [0.05, 0.1) is 24.5 Å². The predicted molar refractivity (Wildman–Crippen MR) is 105 cm³/mol. The number of nitrogens with one attached hydrogen (secondary N) is 1. The van der Waals surface area contributed by atoms with Gasteiger partial charge in [-0.3, -0.25) is 9.69 Å². The van der Waals surface area contributed by atoms with E-state index in [0.29, 0.717) is 5.71 Å². The zero-order valence-corrected chi connectivity index (χ0v) is 15.5. The Kier molecular flexibility index (Phi) is 4.60. The molecule has 4 heteroatoms. The van der Waals surface area contributed by atoms with Gasteiger partial charge in [-0.05, 0) is 38.0 Å². The number of piperidine rings is 1. The topological polar surface area (TPSA) is 37.1 Å². The average Bonchev–Trinajstić information content (AvgIpc) is 2.90. The fraction of sp³-hybridized carbons (Fsp3) is 0.364.